The van der Waals surface area contributed by atoms with E-state index in [4.69, 9.17) is 11.6 Å². The Morgan fingerprint density at radius 2 is 2.15 bits per heavy atom. The first-order chi connectivity index (χ1) is 6.24. The summed E-state index contributed by atoms with van der Waals surface area (Å²) in [6.45, 7) is 0.890. The first-order valence-electron chi connectivity index (χ1n) is 4.54. The van der Waals surface area contributed by atoms with Gasteiger partial charge in [-0.3, -0.25) is 9.11 Å². The van der Waals surface area contributed by atoms with E-state index in [0.29, 0.717) is 6.04 Å². The third-order valence-electron chi connectivity index (χ3n) is 2.46. The average molecular weight is 222 g/mol. The molecule has 0 aliphatic carbocycles. The van der Waals surface area contributed by atoms with Crippen molar-refractivity contribution >= 4 is 22.4 Å². The van der Waals surface area contributed by atoms with E-state index in [9.17, 15) is 4.21 Å². The molecule has 0 bridgehead atoms. The molecule has 1 heterocycles. The normalized spacial score (nSPS) is 30.1. The zero-order chi connectivity index (χ0) is 9.68. The van der Waals surface area contributed by atoms with Crippen LogP contribution in [0.1, 0.15) is 12.8 Å². The molecule has 1 rings (SSSR count). The first-order valence-corrected chi connectivity index (χ1v) is 6.47. The highest BCUT2D eigenvalue weighted by Crippen LogP contribution is 2.14. The second kappa shape index (κ2) is 5.78. The molecule has 4 heteroatoms. The van der Waals surface area contributed by atoms with Crippen LogP contribution in [0.5, 0.6) is 0 Å². The molecule has 0 aromatic carbocycles. The fourth-order valence-electron chi connectivity index (χ4n) is 1.58. The summed E-state index contributed by atoms with van der Waals surface area (Å²) in [6.07, 6.45) is 4.05. The van der Waals surface area contributed by atoms with Crippen LogP contribution in [0, 0.1) is 0 Å². The summed E-state index contributed by atoms with van der Waals surface area (Å²) in [5.74, 6) is 1.72. The molecular weight excluding hydrogens is 206 g/mol. The molecule has 0 spiro atoms. The van der Waals surface area contributed by atoms with Crippen molar-refractivity contribution in [3.63, 3.8) is 0 Å². The van der Waals surface area contributed by atoms with Crippen molar-refractivity contribution in [1.82, 2.24) is 4.90 Å². The summed E-state index contributed by atoms with van der Waals surface area (Å²) in [5, 5.41) is 0. The molecule has 0 unspecified atom stereocenters. The van der Waals surface area contributed by atoms with Crippen LogP contribution in [0.2, 0.25) is 0 Å². The van der Waals surface area contributed by atoms with Gasteiger partial charge in [-0.25, -0.2) is 0 Å². The standard InChI is InChI=1S/C9H16ClNOS/c1-11(6-2-5-10)9-3-7-13(12)8-4-9/h2,5,9H,3-4,6-8H2,1H3/b5-2+. The molecule has 0 aromatic rings. The van der Waals surface area contributed by atoms with Gasteiger partial charge in [0.1, 0.15) is 0 Å². The third kappa shape index (κ3) is 3.79. The molecule has 0 atom stereocenters. The van der Waals surface area contributed by atoms with Gasteiger partial charge >= 0.3 is 0 Å². The predicted octanol–water partition coefficient (Wildman–Crippen LogP) is 1.58. The van der Waals surface area contributed by atoms with Crippen LogP contribution in [-0.2, 0) is 10.8 Å². The van der Waals surface area contributed by atoms with Crippen molar-refractivity contribution in [2.45, 2.75) is 18.9 Å². The van der Waals surface area contributed by atoms with Crippen LogP contribution in [0.3, 0.4) is 0 Å². The topological polar surface area (TPSA) is 20.3 Å². The van der Waals surface area contributed by atoms with E-state index < -0.39 is 10.8 Å². The van der Waals surface area contributed by atoms with Gasteiger partial charge in [0.05, 0.1) is 0 Å². The molecule has 0 saturated carbocycles. The van der Waals surface area contributed by atoms with E-state index in [2.05, 4.69) is 11.9 Å². The summed E-state index contributed by atoms with van der Waals surface area (Å²) >= 11 is 5.45. The van der Waals surface area contributed by atoms with Crippen molar-refractivity contribution < 1.29 is 4.21 Å². The summed E-state index contributed by atoms with van der Waals surface area (Å²) in [6, 6.07) is 0.588. The lowest BCUT2D eigenvalue weighted by Gasteiger charge is -2.29. The maximum atomic E-state index is 11.1. The molecule has 1 aliphatic heterocycles. The maximum absolute atomic E-state index is 11.1. The lowest BCUT2D eigenvalue weighted by atomic mass is 10.1. The van der Waals surface area contributed by atoms with Crippen LogP contribution in [0.15, 0.2) is 11.6 Å². The molecule has 0 amide bonds. The zero-order valence-electron chi connectivity index (χ0n) is 7.91. The fourth-order valence-corrected chi connectivity index (χ4v) is 2.93. The Morgan fingerprint density at radius 1 is 1.54 bits per heavy atom. The van der Waals surface area contributed by atoms with Gasteiger partial charge in [-0.15, -0.1) is 0 Å². The lowest BCUT2D eigenvalue weighted by Crippen LogP contribution is -2.37. The molecular formula is C9H16ClNOS. The largest absolute Gasteiger partial charge is 0.300 e. The van der Waals surface area contributed by atoms with E-state index in [1.165, 1.54) is 0 Å². The number of rotatable bonds is 3. The quantitative estimate of drug-likeness (QED) is 0.722. The Balaban J connectivity index is 2.30. The van der Waals surface area contributed by atoms with Gasteiger partial charge < -0.3 is 0 Å². The molecule has 1 aliphatic rings. The SMILES string of the molecule is CN(C/C=C/Cl)C1CCS(=O)CC1. The molecule has 1 fully saturated rings. The summed E-state index contributed by atoms with van der Waals surface area (Å²) in [7, 11) is 1.54. The summed E-state index contributed by atoms with van der Waals surface area (Å²) in [5.41, 5.74) is 1.55. The minimum absolute atomic E-state index is 0.554. The fraction of sp³-hybridized carbons (Fsp3) is 0.778. The van der Waals surface area contributed by atoms with Crippen molar-refractivity contribution in [1.29, 1.82) is 0 Å². The van der Waals surface area contributed by atoms with Crippen molar-refractivity contribution in [3.8, 4) is 0 Å². The van der Waals surface area contributed by atoms with Gasteiger partial charge in [-0.1, -0.05) is 17.7 Å². The minimum atomic E-state index is -0.554. The van der Waals surface area contributed by atoms with Crippen molar-refractivity contribution in [3.05, 3.63) is 11.6 Å². The van der Waals surface area contributed by atoms with Gasteiger partial charge in [0.15, 0.2) is 0 Å². The molecule has 0 aromatic heterocycles. The number of hydrogen-bond donors (Lipinski definition) is 0. The van der Waals surface area contributed by atoms with Gasteiger partial charge in [0, 0.05) is 40.4 Å². The van der Waals surface area contributed by atoms with Gasteiger partial charge in [-0.2, -0.15) is 0 Å². The summed E-state index contributed by atoms with van der Waals surface area (Å²) < 4.78 is 11.1. The Bertz CT molecular complexity index is 198. The minimum Gasteiger partial charge on any atom is -0.300 e. The van der Waals surface area contributed by atoms with Crippen LogP contribution in [-0.4, -0.2) is 40.2 Å². The molecule has 76 valence electrons. The van der Waals surface area contributed by atoms with E-state index in [0.717, 1.165) is 30.9 Å². The highest BCUT2D eigenvalue weighted by Gasteiger charge is 2.20. The van der Waals surface area contributed by atoms with E-state index in [-0.39, 0.29) is 0 Å². The van der Waals surface area contributed by atoms with Crippen LogP contribution >= 0.6 is 11.6 Å². The van der Waals surface area contributed by atoms with Crippen LogP contribution in [0.4, 0.5) is 0 Å². The second-order valence-corrected chi connectivity index (χ2v) is 5.33. The molecule has 0 N–H and O–H groups in total. The third-order valence-corrected chi connectivity index (χ3v) is 4.02. The number of nitrogens with zero attached hydrogens (tertiary/aromatic N) is 1. The maximum Gasteiger partial charge on any atom is 0.0249 e. The Kier molecular flexibility index (Phi) is 4.99. The summed E-state index contributed by atoms with van der Waals surface area (Å²) in [4.78, 5) is 2.27. The number of likely N-dealkylation sites (N-methyl/N-ethyl adjacent to an activating group) is 1. The lowest BCUT2D eigenvalue weighted by molar-refractivity contribution is 0.251. The van der Waals surface area contributed by atoms with Crippen molar-refractivity contribution in [2.75, 3.05) is 25.1 Å². The van der Waals surface area contributed by atoms with Gasteiger partial charge in [0.2, 0.25) is 0 Å². The van der Waals surface area contributed by atoms with Crippen LogP contribution < -0.4 is 0 Å². The first kappa shape index (κ1) is 11.2. The Morgan fingerprint density at radius 3 is 2.69 bits per heavy atom. The molecule has 13 heavy (non-hydrogen) atoms. The van der Waals surface area contributed by atoms with Crippen LogP contribution in [0.25, 0.3) is 0 Å². The molecule has 0 radical (unpaired) electrons. The Labute approximate surface area is 87.4 Å². The average Bonchev–Trinajstić information content (AvgIpc) is 2.15. The predicted molar refractivity (Wildman–Crippen MR) is 58.5 cm³/mol. The smallest absolute Gasteiger partial charge is 0.0249 e. The van der Waals surface area contributed by atoms with E-state index >= 15 is 0 Å². The zero-order valence-corrected chi connectivity index (χ0v) is 9.48. The number of halogens is 1. The second-order valence-electron chi connectivity index (χ2n) is 3.38. The number of hydrogen-bond acceptors (Lipinski definition) is 2. The van der Waals surface area contributed by atoms with Gasteiger partial charge in [-0.05, 0) is 19.9 Å². The molecule has 2 nitrogen and oxygen atoms in total. The highest BCUT2D eigenvalue weighted by atomic mass is 35.5. The monoisotopic (exact) mass is 221 g/mol. The highest BCUT2D eigenvalue weighted by molar-refractivity contribution is 7.85. The van der Waals surface area contributed by atoms with Gasteiger partial charge in [0.25, 0.3) is 0 Å². The molecule has 1 saturated heterocycles. The Hall–Kier alpha value is 0.140. The van der Waals surface area contributed by atoms with E-state index in [1.54, 1.807) is 5.54 Å². The van der Waals surface area contributed by atoms with Crippen molar-refractivity contribution in [2.24, 2.45) is 0 Å². The van der Waals surface area contributed by atoms with E-state index in [1.807, 2.05) is 6.08 Å².